The van der Waals surface area contributed by atoms with E-state index in [1.165, 1.54) is 0 Å². The minimum Gasteiger partial charge on any atom is -0.481 e. The zero-order valence-electron chi connectivity index (χ0n) is 11.8. The fourth-order valence-corrected chi connectivity index (χ4v) is 2.57. The number of rotatable bonds is 6. The number of aliphatic carboxylic acids is 1. The van der Waals surface area contributed by atoms with Crippen LogP contribution in [0.15, 0.2) is 0 Å². The summed E-state index contributed by atoms with van der Waals surface area (Å²) in [4.78, 5) is 34.0. The average Bonchev–Trinajstić information content (AvgIpc) is 2.36. The summed E-state index contributed by atoms with van der Waals surface area (Å²) in [6.45, 7) is 2.19. The number of carboxylic acids is 1. The van der Waals surface area contributed by atoms with E-state index in [4.69, 9.17) is 5.11 Å². The number of carbonyl (C=O) groups excluding carboxylic acids is 2. The Morgan fingerprint density at radius 1 is 1.10 bits per heavy atom. The summed E-state index contributed by atoms with van der Waals surface area (Å²) in [5, 5.41) is 16.8. The van der Waals surface area contributed by atoms with Crippen LogP contribution in [0.1, 0.15) is 45.4 Å². The second-order valence-corrected chi connectivity index (χ2v) is 5.17. The van der Waals surface area contributed by atoms with Crippen LogP contribution in [0.4, 0.5) is 4.79 Å². The van der Waals surface area contributed by atoms with Gasteiger partial charge in [-0.2, -0.15) is 0 Å². The molecule has 7 nitrogen and oxygen atoms in total. The molecule has 0 bridgehead atoms. The fourth-order valence-electron chi connectivity index (χ4n) is 2.57. The molecule has 1 saturated carbocycles. The monoisotopic (exact) mass is 285 g/mol. The van der Waals surface area contributed by atoms with Crippen LogP contribution in [0.2, 0.25) is 0 Å². The summed E-state index contributed by atoms with van der Waals surface area (Å²) in [5.41, 5.74) is -0.685. The normalized spacial score (nSPS) is 17.1. The molecule has 0 aliphatic heterocycles. The van der Waals surface area contributed by atoms with Gasteiger partial charge in [-0.1, -0.05) is 19.3 Å². The molecule has 0 aromatic heterocycles. The topological polar surface area (TPSA) is 108 Å². The maximum Gasteiger partial charge on any atom is 0.315 e. The van der Waals surface area contributed by atoms with Gasteiger partial charge in [-0.3, -0.25) is 9.59 Å². The molecule has 4 N–H and O–H groups in total. The minimum atomic E-state index is -0.920. The van der Waals surface area contributed by atoms with Gasteiger partial charge in [-0.25, -0.2) is 4.79 Å². The Labute approximate surface area is 118 Å². The summed E-state index contributed by atoms with van der Waals surface area (Å²) in [7, 11) is 0. The van der Waals surface area contributed by atoms with Gasteiger partial charge in [-0.15, -0.1) is 0 Å². The molecule has 1 aliphatic rings. The van der Waals surface area contributed by atoms with E-state index in [2.05, 4.69) is 16.0 Å². The number of urea groups is 1. The van der Waals surface area contributed by atoms with E-state index in [1.54, 1.807) is 6.92 Å². The molecule has 0 radical (unpaired) electrons. The van der Waals surface area contributed by atoms with Crippen LogP contribution in [0.5, 0.6) is 0 Å². The van der Waals surface area contributed by atoms with Crippen molar-refractivity contribution in [2.24, 2.45) is 0 Å². The summed E-state index contributed by atoms with van der Waals surface area (Å²) in [6, 6.07) is -0.487. The zero-order valence-corrected chi connectivity index (χ0v) is 11.8. The third-order valence-corrected chi connectivity index (χ3v) is 3.46. The molecular formula is C13H23N3O4. The van der Waals surface area contributed by atoms with E-state index in [0.29, 0.717) is 19.4 Å². The number of carboxylic acid groups (broad SMARTS) is 1. The summed E-state index contributed by atoms with van der Waals surface area (Å²) >= 11 is 0. The van der Waals surface area contributed by atoms with E-state index in [0.717, 1.165) is 19.3 Å². The van der Waals surface area contributed by atoms with Gasteiger partial charge in [-0.05, 0) is 19.8 Å². The highest BCUT2D eigenvalue weighted by molar-refractivity contribution is 5.84. The van der Waals surface area contributed by atoms with Crippen molar-refractivity contribution in [3.8, 4) is 0 Å². The first-order chi connectivity index (χ1) is 9.47. The predicted octanol–water partition coefficient (Wildman–Crippen LogP) is 0.599. The summed E-state index contributed by atoms with van der Waals surface area (Å²) < 4.78 is 0. The van der Waals surface area contributed by atoms with Gasteiger partial charge in [0.15, 0.2) is 0 Å². The molecule has 0 aromatic carbocycles. The molecule has 0 aromatic rings. The number of amides is 3. The second kappa shape index (κ2) is 7.72. The first-order valence-corrected chi connectivity index (χ1v) is 7.02. The first kappa shape index (κ1) is 16.3. The Hall–Kier alpha value is -1.79. The third-order valence-electron chi connectivity index (χ3n) is 3.46. The van der Waals surface area contributed by atoms with Gasteiger partial charge in [0.1, 0.15) is 0 Å². The fraction of sp³-hybridized carbons (Fsp3) is 0.769. The van der Waals surface area contributed by atoms with Crippen LogP contribution < -0.4 is 16.0 Å². The number of carbonyl (C=O) groups is 3. The first-order valence-electron chi connectivity index (χ1n) is 7.02. The lowest BCUT2D eigenvalue weighted by Crippen LogP contribution is -2.55. The van der Waals surface area contributed by atoms with Gasteiger partial charge in [0, 0.05) is 6.54 Å². The van der Waals surface area contributed by atoms with Gasteiger partial charge in [0.25, 0.3) is 0 Å². The van der Waals surface area contributed by atoms with Crippen LogP contribution in [-0.2, 0) is 9.59 Å². The SMILES string of the molecule is CCNC(=O)CNC(=O)NC1(CC(=O)O)CCCCC1. The molecule has 114 valence electrons. The van der Waals surface area contributed by atoms with Crippen LogP contribution >= 0.6 is 0 Å². The maximum absolute atomic E-state index is 11.8. The molecular weight excluding hydrogens is 262 g/mol. The molecule has 0 unspecified atom stereocenters. The Balaban J connectivity index is 2.49. The Morgan fingerprint density at radius 2 is 1.75 bits per heavy atom. The quantitative estimate of drug-likeness (QED) is 0.573. The van der Waals surface area contributed by atoms with E-state index in [-0.39, 0.29) is 18.9 Å². The molecule has 1 fully saturated rings. The Kier molecular flexibility index (Phi) is 6.27. The highest BCUT2D eigenvalue weighted by atomic mass is 16.4. The highest BCUT2D eigenvalue weighted by Crippen LogP contribution is 2.31. The van der Waals surface area contributed by atoms with E-state index >= 15 is 0 Å². The van der Waals surface area contributed by atoms with Gasteiger partial charge < -0.3 is 21.1 Å². The molecule has 0 heterocycles. The lowest BCUT2D eigenvalue weighted by atomic mass is 9.79. The number of hydrogen-bond donors (Lipinski definition) is 4. The predicted molar refractivity (Wildman–Crippen MR) is 73.3 cm³/mol. The minimum absolute atomic E-state index is 0.0818. The Morgan fingerprint density at radius 3 is 2.30 bits per heavy atom. The van der Waals surface area contributed by atoms with Gasteiger partial charge in [0.05, 0.1) is 18.5 Å². The van der Waals surface area contributed by atoms with Crippen molar-refractivity contribution in [3.05, 3.63) is 0 Å². The standard InChI is InChI=1S/C13H23N3O4/c1-2-14-10(17)9-15-12(20)16-13(8-11(18)19)6-4-3-5-7-13/h2-9H2,1H3,(H,14,17)(H,18,19)(H2,15,16,20). The molecule has 1 aliphatic carbocycles. The van der Waals surface area contributed by atoms with Crippen molar-refractivity contribution >= 4 is 17.9 Å². The molecule has 1 rings (SSSR count). The molecule has 0 saturated heterocycles. The zero-order chi connectivity index (χ0) is 15.0. The number of nitrogens with one attached hydrogen (secondary N) is 3. The molecule has 20 heavy (non-hydrogen) atoms. The smallest absolute Gasteiger partial charge is 0.315 e. The average molecular weight is 285 g/mol. The van der Waals surface area contributed by atoms with Crippen molar-refractivity contribution in [3.63, 3.8) is 0 Å². The van der Waals surface area contributed by atoms with Crippen molar-refractivity contribution in [2.45, 2.75) is 51.0 Å². The van der Waals surface area contributed by atoms with Crippen molar-refractivity contribution in [1.82, 2.24) is 16.0 Å². The van der Waals surface area contributed by atoms with Crippen molar-refractivity contribution in [1.29, 1.82) is 0 Å². The van der Waals surface area contributed by atoms with Crippen LogP contribution in [0, 0.1) is 0 Å². The lowest BCUT2D eigenvalue weighted by Gasteiger charge is -2.36. The second-order valence-electron chi connectivity index (χ2n) is 5.17. The molecule has 7 heteroatoms. The molecule has 0 atom stereocenters. The van der Waals surface area contributed by atoms with Crippen molar-refractivity contribution in [2.75, 3.05) is 13.1 Å². The van der Waals surface area contributed by atoms with E-state index < -0.39 is 17.5 Å². The number of hydrogen-bond acceptors (Lipinski definition) is 3. The largest absolute Gasteiger partial charge is 0.481 e. The summed E-state index contributed by atoms with van der Waals surface area (Å²) in [5.74, 6) is -1.19. The molecule has 3 amide bonds. The molecule has 0 spiro atoms. The van der Waals surface area contributed by atoms with Crippen LogP contribution in [-0.4, -0.2) is 41.6 Å². The van der Waals surface area contributed by atoms with Crippen molar-refractivity contribution < 1.29 is 19.5 Å². The number of likely N-dealkylation sites (N-methyl/N-ethyl adjacent to an activating group) is 1. The van der Waals surface area contributed by atoms with E-state index in [1.807, 2.05) is 0 Å². The lowest BCUT2D eigenvalue weighted by molar-refractivity contribution is -0.139. The van der Waals surface area contributed by atoms with Gasteiger partial charge >= 0.3 is 12.0 Å². The Bertz CT molecular complexity index is 365. The highest BCUT2D eigenvalue weighted by Gasteiger charge is 2.35. The van der Waals surface area contributed by atoms with E-state index in [9.17, 15) is 14.4 Å². The maximum atomic E-state index is 11.8. The van der Waals surface area contributed by atoms with Crippen LogP contribution in [0.3, 0.4) is 0 Å². The van der Waals surface area contributed by atoms with Crippen LogP contribution in [0.25, 0.3) is 0 Å². The van der Waals surface area contributed by atoms with Gasteiger partial charge in [0.2, 0.25) is 5.91 Å². The third kappa shape index (κ3) is 5.46. The summed E-state index contributed by atoms with van der Waals surface area (Å²) in [6.07, 6.45) is 4.11.